The van der Waals surface area contributed by atoms with Gasteiger partial charge in [-0.25, -0.2) is 0 Å². The fourth-order valence-electron chi connectivity index (χ4n) is 7.41. The first-order valence-corrected chi connectivity index (χ1v) is 24.3. The molecule has 0 heterocycles. The zero-order valence-electron chi connectivity index (χ0n) is 36.9. The Bertz CT molecular complexity index is 877. The molecule has 0 saturated carbocycles. The van der Waals surface area contributed by atoms with E-state index in [0.29, 0.717) is 12.8 Å². The largest absolute Gasteiger partial charge is 0.394 e. The van der Waals surface area contributed by atoms with E-state index >= 15 is 0 Å². The molecule has 0 radical (unpaired) electrons. The third kappa shape index (κ3) is 43.3. The normalized spacial score (nSPS) is 13.3. The van der Waals surface area contributed by atoms with Gasteiger partial charge in [-0.05, 0) is 51.4 Å². The van der Waals surface area contributed by atoms with Crippen LogP contribution < -0.4 is 5.32 Å². The number of unbranched alkanes of at least 4 members (excludes halogenated alkanes) is 29. The Labute approximate surface area is 344 Å². The Kier molecular flexibility index (Phi) is 45.3. The highest BCUT2D eigenvalue weighted by Crippen LogP contribution is 2.17. The molecule has 4 heteroatoms. The van der Waals surface area contributed by atoms with Gasteiger partial charge in [0, 0.05) is 6.42 Å². The van der Waals surface area contributed by atoms with Crippen molar-refractivity contribution >= 4 is 5.91 Å². The van der Waals surface area contributed by atoms with Crippen LogP contribution in [0, 0.1) is 0 Å². The van der Waals surface area contributed by atoms with Crippen LogP contribution in [0.5, 0.6) is 0 Å². The molecule has 0 fully saturated rings. The number of aliphatic hydroxyl groups is 2. The van der Waals surface area contributed by atoms with Crippen molar-refractivity contribution in [3.8, 4) is 0 Å². The molecule has 4 nitrogen and oxygen atoms in total. The molecule has 0 bridgehead atoms. The molecule has 0 spiro atoms. The molecular formula is C51H95NO3. The SMILES string of the molecule is CC/C=C\C/C=C\C/C=C\C/C=C\CCCCCCCCCCCCCCCCCCCCCCCCCCCCC(=O)NC(CO)C(O)CCCCCC. The van der Waals surface area contributed by atoms with E-state index in [0.717, 1.165) is 57.8 Å². The van der Waals surface area contributed by atoms with E-state index in [1.54, 1.807) is 0 Å². The third-order valence-electron chi connectivity index (χ3n) is 11.1. The summed E-state index contributed by atoms with van der Waals surface area (Å²) in [5.41, 5.74) is 0. The number of nitrogens with one attached hydrogen (secondary N) is 1. The molecule has 0 aliphatic heterocycles. The monoisotopic (exact) mass is 770 g/mol. The summed E-state index contributed by atoms with van der Waals surface area (Å²) in [6, 6.07) is -0.529. The summed E-state index contributed by atoms with van der Waals surface area (Å²) in [7, 11) is 0. The lowest BCUT2D eigenvalue weighted by molar-refractivity contribution is -0.123. The predicted molar refractivity (Wildman–Crippen MR) is 244 cm³/mol. The van der Waals surface area contributed by atoms with Crippen LogP contribution in [-0.2, 0) is 4.79 Å². The van der Waals surface area contributed by atoms with Crippen LogP contribution in [0.15, 0.2) is 48.6 Å². The number of allylic oxidation sites excluding steroid dienone is 8. The number of rotatable bonds is 44. The van der Waals surface area contributed by atoms with Gasteiger partial charge in [-0.2, -0.15) is 0 Å². The lowest BCUT2D eigenvalue weighted by atomic mass is 10.0. The molecule has 322 valence electrons. The number of hydrogen-bond acceptors (Lipinski definition) is 3. The minimum atomic E-state index is -0.652. The number of hydrogen-bond donors (Lipinski definition) is 3. The maximum atomic E-state index is 12.2. The van der Waals surface area contributed by atoms with Gasteiger partial charge in [-0.15, -0.1) is 0 Å². The zero-order valence-corrected chi connectivity index (χ0v) is 36.9. The van der Waals surface area contributed by atoms with Crippen molar-refractivity contribution in [2.45, 2.75) is 264 Å². The quantitative estimate of drug-likeness (QED) is 0.0427. The van der Waals surface area contributed by atoms with Crippen molar-refractivity contribution in [2.75, 3.05) is 6.61 Å². The van der Waals surface area contributed by atoms with Crippen LogP contribution >= 0.6 is 0 Å². The van der Waals surface area contributed by atoms with Gasteiger partial charge in [0.05, 0.1) is 18.8 Å². The van der Waals surface area contributed by atoms with Crippen LogP contribution in [0.3, 0.4) is 0 Å². The smallest absolute Gasteiger partial charge is 0.220 e. The summed E-state index contributed by atoms with van der Waals surface area (Å²) in [6.07, 6.45) is 64.3. The van der Waals surface area contributed by atoms with E-state index in [2.05, 4.69) is 67.8 Å². The minimum absolute atomic E-state index is 0.0374. The lowest BCUT2D eigenvalue weighted by Gasteiger charge is -2.22. The molecule has 2 atom stereocenters. The number of carbonyl (C=O) groups excluding carboxylic acids is 1. The molecule has 0 saturated heterocycles. The van der Waals surface area contributed by atoms with Gasteiger partial charge in [0.15, 0.2) is 0 Å². The standard InChI is InChI=1S/C51H95NO3/c1-3-5-7-9-10-11-12-13-14-15-16-17-18-19-20-21-22-23-24-25-26-27-28-29-30-31-32-33-34-35-36-37-38-39-40-41-42-43-45-47-51(55)52-49(48-53)50(54)46-44-8-6-4-2/h5,7,10-11,13-14,16-17,49-50,53-54H,3-4,6,8-9,12,15,18-48H2,1-2H3,(H,52,55)/b7-5-,11-10-,14-13-,17-16-. The second-order valence-electron chi connectivity index (χ2n) is 16.5. The van der Waals surface area contributed by atoms with E-state index in [9.17, 15) is 15.0 Å². The van der Waals surface area contributed by atoms with E-state index in [4.69, 9.17) is 0 Å². The van der Waals surface area contributed by atoms with E-state index in [1.165, 1.54) is 167 Å². The first-order valence-electron chi connectivity index (χ1n) is 24.3. The van der Waals surface area contributed by atoms with Gasteiger partial charge in [0.2, 0.25) is 5.91 Å². The topological polar surface area (TPSA) is 69.6 Å². The summed E-state index contributed by atoms with van der Waals surface area (Å²) < 4.78 is 0. The highest BCUT2D eigenvalue weighted by Gasteiger charge is 2.19. The fraction of sp³-hybridized carbons (Fsp3) is 0.824. The zero-order chi connectivity index (χ0) is 40.0. The van der Waals surface area contributed by atoms with Crippen molar-refractivity contribution in [2.24, 2.45) is 0 Å². The molecular weight excluding hydrogens is 675 g/mol. The minimum Gasteiger partial charge on any atom is -0.394 e. The molecule has 0 aliphatic carbocycles. The van der Waals surface area contributed by atoms with Crippen LogP contribution in [0.25, 0.3) is 0 Å². The van der Waals surface area contributed by atoms with Gasteiger partial charge in [-0.3, -0.25) is 4.79 Å². The summed E-state index contributed by atoms with van der Waals surface area (Å²) in [4.78, 5) is 12.2. The highest BCUT2D eigenvalue weighted by atomic mass is 16.3. The van der Waals surface area contributed by atoms with Crippen molar-refractivity contribution in [1.82, 2.24) is 5.32 Å². The highest BCUT2D eigenvalue weighted by molar-refractivity contribution is 5.76. The van der Waals surface area contributed by atoms with Crippen LogP contribution in [0.2, 0.25) is 0 Å². The van der Waals surface area contributed by atoms with Gasteiger partial charge in [0.1, 0.15) is 0 Å². The van der Waals surface area contributed by atoms with Crippen molar-refractivity contribution in [3.63, 3.8) is 0 Å². The Hall–Kier alpha value is -1.65. The van der Waals surface area contributed by atoms with Gasteiger partial charge in [-0.1, -0.05) is 242 Å². The summed E-state index contributed by atoms with van der Waals surface area (Å²) >= 11 is 0. The molecule has 55 heavy (non-hydrogen) atoms. The summed E-state index contributed by atoms with van der Waals surface area (Å²) in [6.45, 7) is 4.15. The van der Waals surface area contributed by atoms with Crippen LogP contribution in [0.4, 0.5) is 0 Å². The summed E-state index contributed by atoms with van der Waals surface area (Å²) in [5, 5.41) is 22.7. The molecule has 2 unspecified atom stereocenters. The van der Waals surface area contributed by atoms with E-state index in [1.807, 2.05) is 0 Å². The van der Waals surface area contributed by atoms with Crippen molar-refractivity contribution in [3.05, 3.63) is 48.6 Å². The van der Waals surface area contributed by atoms with Crippen LogP contribution in [0.1, 0.15) is 251 Å². The van der Waals surface area contributed by atoms with Crippen molar-refractivity contribution < 1.29 is 15.0 Å². The number of carbonyl (C=O) groups is 1. The summed E-state index contributed by atoms with van der Waals surface area (Å²) in [5.74, 6) is -0.0374. The molecule has 0 aromatic rings. The second-order valence-corrected chi connectivity index (χ2v) is 16.5. The first-order chi connectivity index (χ1) is 27.2. The average Bonchev–Trinajstić information content (AvgIpc) is 3.19. The van der Waals surface area contributed by atoms with Crippen molar-refractivity contribution in [1.29, 1.82) is 0 Å². The third-order valence-corrected chi connectivity index (χ3v) is 11.1. The Balaban J connectivity index is 3.29. The second kappa shape index (κ2) is 46.7. The molecule has 0 aromatic heterocycles. The maximum absolute atomic E-state index is 12.2. The number of amides is 1. The molecule has 0 aromatic carbocycles. The molecule has 3 N–H and O–H groups in total. The Morgan fingerprint density at radius 1 is 0.455 bits per heavy atom. The Morgan fingerprint density at radius 3 is 1.18 bits per heavy atom. The first kappa shape index (κ1) is 53.4. The Morgan fingerprint density at radius 2 is 0.800 bits per heavy atom. The molecule has 0 rings (SSSR count). The molecule has 0 aliphatic rings. The fourth-order valence-corrected chi connectivity index (χ4v) is 7.41. The van der Waals surface area contributed by atoms with Gasteiger partial charge < -0.3 is 15.5 Å². The molecule has 1 amide bonds. The number of aliphatic hydroxyl groups excluding tert-OH is 2. The average molecular weight is 770 g/mol. The lowest BCUT2D eigenvalue weighted by Crippen LogP contribution is -2.45. The van der Waals surface area contributed by atoms with Gasteiger partial charge >= 0.3 is 0 Å². The van der Waals surface area contributed by atoms with E-state index in [-0.39, 0.29) is 12.5 Å². The van der Waals surface area contributed by atoms with Gasteiger partial charge in [0.25, 0.3) is 0 Å². The van der Waals surface area contributed by atoms with Crippen LogP contribution in [-0.4, -0.2) is 34.9 Å². The maximum Gasteiger partial charge on any atom is 0.220 e. The van der Waals surface area contributed by atoms with E-state index < -0.39 is 12.1 Å². The predicted octanol–water partition coefficient (Wildman–Crippen LogP) is 15.5.